The van der Waals surface area contributed by atoms with Crippen molar-refractivity contribution in [3.63, 3.8) is 0 Å². The molecule has 1 fully saturated rings. The third kappa shape index (κ3) is 3.03. The zero-order chi connectivity index (χ0) is 14.7. The summed E-state index contributed by atoms with van der Waals surface area (Å²) in [6.45, 7) is 0.418. The number of hydrogen-bond acceptors (Lipinski definition) is 3. The highest BCUT2D eigenvalue weighted by Crippen LogP contribution is 2.26. The Morgan fingerprint density at radius 2 is 1.71 bits per heavy atom. The molecule has 1 aliphatic rings. The van der Waals surface area contributed by atoms with Crippen LogP contribution in [-0.4, -0.2) is 22.7 Å². The molecule has 3 rings (SSSR count). The summed E-state index contributed by atoms with van der Waals surface area (Å²) in [5.41, 5.74) is 1.81. The topological polar surface area (TPSA) is 41.6 Å². The first-order chi connectivity index (χ1) is 10.2. The van der Waals surface area contributed by atoms with Crippen molar-refractivity contribution >= 4 is 29.1 Å². The fourth-order valence-electron chi connectivity index (χ4n) is 2.18. The van der Waals surface area contributed by atoms with E-state index in [1.807, 2.05) is 60.7 Å². The summed E-state index contributed by atoms with van der Waals surface area (Å²) in [6.07, 6.45) is -0.702. The normalized spacial score (nSPS) is 17.4. The molecule has 1 heterocycles. The maximum Gasteiger partial charge on any atom is 0.416 e. The molecule has 0 aliphatic carbocycles. The number of anilines is 1. The Morgan fingerprint density at radius 3 is 2.38 bits per heavy atom. The Labute approximate surface area is 128 Å². The average Bonchev–Trinajstić information content (AvgIpc) is 2.91. The summed E-state index contributed by atoms with van der Waals surface area (Å²) in [5, 5.41) is 3.39. The van der Waals surface area contributed by atoms with Gasteiger partial charge in [0.05, 0.1) is 6.54 Å². The van der Waals surface area contributed by atoms with Gasteiger partial charge in [0.2, 0.25) is 0 Å². The number of amides is 1. The molecule has 1 aliphatic heterocycles. The van der Waals surface area contributed by atoms with Gasteiger partial charge in [-0.25, -0.2) is 9.69 Å². The number of rotatable bonds is 2. The van der Waals surface area contributed by atoms with E-state index in [0.29, 0.717) is 11.7 Å². The number of cyclic esters (lactones) is 1. The second-order valence-corrected chi connectivity index (χ2v) is 5.08. The monoisotopic (exact) mass is 298 g/mol. The quantitative estimate of drug-likeness (QED) is 0.861. The molecule has 1 unspecified atom stereocenters. The van der Waals surface area contributed by atoms with Gasteiger partial charge in [0, 0.05) is 5.69 Å². The van der Waals surface area contributed by atoms with E-state index in [9.17, 15) is 4.79 Å². The summed E-state index contributed by atoms with van der Waals surface area (Å²) >= 11 is 5.29. The maximum absolute atomic E-state index is 12.0. The largest absolute Gasteiger partial charge is 0.439 e. The van der Waals surface area contributed by atoms with Gasteiger partial charge in [-0.3, -0.25) is 0 Å². The summed E-state index contributed by atoms with van der Waals surface area (Å²) in [7, 11) is 0. The van der Waals surface area contributed by atoms with Crippen molar-refractivity contribution in [1.82, 2.24) is 4.90 Å². The molecule has 1 amide bonds. The van der Waals surface area contributed by atoms with E-state index in [4.69, 9.17) is 17.0 Å². The fourth-order valence-corrected chi connectivity index (χ4v) is 2.45. The van der Waals surface area contributed by atoms with Crippen LogP contribution < -0.4 is 5.32 Å². The molecule has 4 nitrogen and oxygen atoms in total. The molecule has 1 N–H and O–H groups in total. The zero-order valence-electron chi connectivity index (χ0n) is 11.2. The van der Waals surface area contributed by atoms with Gasteiger partial charge in [0.15, 0.2) is 5.11 Å². The van der Waals surface area contributed by atoms with E-state index in [2.05, 4.69) is 5.32 Å². The van der Waals surface area contributed by atoms with Gasteiger partial charge in [0.25, 0.3) is 0 Å². The molecule has 0 radical (unpaired) electrons. The molecule has 2 aromatic carbocycles. The number of benzene rings is 2. The molecular weight excluding hydrogens is 284 g/mol. The van der Waals surface area contributed by atoms with Crippen LogP contribution in [0.1, 0.15) is 11.7 Å². The Hall–Kier alpha value is -2.40. The Bertz CT molecular complexity index is 646. The first kappa shape index (κ1) is 13.6. The van der Waals surface area contributed by atoms with Crippen molar-refractivity contribution in [3.05, 3.63) is 66.2 Å². The van der Waals surface area contributed by atoms with Crippen molar-refractivity contribution in [2.24, 2.45) is 0 Å². The minimum atomic E-state index is -0.419. The van der Waals surface area contributed by atoms with E-state index in [-0.39, 0.29) is 6.10 Å². The first-order valence-electron chi connectivity index (χ1n) is 6.63. The van der Waals surface area contributed by atoms with Crippen LogP contribution in [0.4, 0.5) is 10.5 Å². The standard InChI is InChI=1S/C16H14N2O2S/c19-16-18(15(21)17-13-9-5-2-6-10-13)11-14(20-16)12-7-3-1-4-8-12/h1-10,14H,11H2,(H,17,21). The lowest BCUT2D eigenvalue weighted by Gasteiger charge is -2.15. The number of carbonyl (C=O) groups excluding carboxylic acids is 1. The lowest BCUT2D eigenvalue weighted by Crippen LogP contribution is -2.35. The number of nitrogens with zero attached hydrogens (tertiary/aromatic N) is 1. The van der Waals surface area contributed by atoms with Gasteiger partial charge in [-0.1, -0.05) is 48.5 Å². The van der Waals surface area contributed by atoms with Crippen LogP contribution >= 0.6 is 12.2 Å². The summed E-state index contributed by atoms with van der Waals surface area (Å²) in [4.78, 5) is 13.4. The Balaban J connectivity index is 1.69. The SMILES string of the molecule is O=C1OC(c2ccccc2)CN1C(=S)Nc1ccccc1. The number of carbonyl (C=O) groups is 1. The molecule has 0 saturated carbocycles. The number of nitrogens with one attached hydrogen (secondary N) is 1. The van der Waals surface area contributed by atoms with Gasteiger partial charge >= 0.3 is 6.09 Å². The maximum atomic E-state index is 12.0. The van der Waals surface area contributed by atoms with Gasteiger partial charge in [-0.15, -0.1) is 0 Å². The summed E-state index contributed by atoms with van der Waals surface area (Å²) in [5.74, 6) is 0. The number of ether oxygens (including phenoxy) is 1. The van der Waals surface area contributed by atoms with Crippen molar-refractivity contribution in [2.75, 3.05) is 11.9 Å². The third-order valence-corrected chi connectivity index (χ3v) is 3.58. The van der Waals surface area contributed by atoms with Crippen LogP contribution in [0.25, 0.3) is 0 Å². The molecule has 21 heavy (non-hydrogen) atoms. The smallest absolute Gasteiger partial charge is 0.416 e. The highest BCUT2D eigenvalue weighted by atomic mass is 32.1. The molecular formula is C16H14N2O2S. The first-order valence-corrected chi connectivity index (χ1v) is 7.04. The molecule has 5 heteroatoms. The third-order valence-electron chi connectivity index (χ3n) is 3.25. The highest BCUT2D eigenvalue weighted by molar-refractivity contribution is 7.80. The minimum absolute atomic E-state index is 0.283. The van der Waals surface area contributed by atoms with Crippen molar-refractivity contribution in [1.29, 1.82) is 0 Å². The number of hydrogen-bond donors (Lipinski definition) is 1. The molecule has 0 bridgehead atoms. The molecule has 0 aromatic heterocycles. The molecule has 2 aromatic rings. The van der Waals surface area contributed by atoms with E-state index in [1.165, 1.54) is 4.90 Å². The predicted octanol–water partition coefficient (Wildman–Crippen LogP) is 3.58. The molecule has 106 valence electrons. The minimum Gasteiger partial charge on any atom is -0.439 e. The lowest BCUT2D eigenvalue weighted by atomic mass is 10.1. The van der Waals surface area contributed by atoms with Crippen LogP contribution in [0.3, 0.4) is 0 Å². The average molecular weight is 298 g/mol. The van der Waals surface area contributed by atoms with Crippen LogP contribution in [0.5, 0.6) is 0 Å². The van der Waals surface area contributed by atoms with Crippen LogP contribution in [0, 0.1) is 0 Å². The van der Waals surface area contributed by atoms with Crippen LogP contribution in [-0.2, 0) is 4.74 Å². The predicted molar refractivity (Wildman–Crippen MR) is 85.0 cm³/mol. The van der Waals surface area contributed by atoms with E-state index in [1.54, 1.807) is 0 Å². The molecule has 1 saturated heterocycles. The Kier molecular flexibility index (Phi) is 3.83. The number of para-hydroxylation sites is 1. The van der Waals surface area contributed by atoms with Crippen LogP contribution in [0.15, 0.2) is 60.7 Å². The number of thiocarbonyl (C=S) groups is 1. The lowest BCUT2D eigenvalue weighted by molar-refractivity contribution is 0.137. The van der Waals surface area contributed by atoms with Crippen molar-refractivity contribution in [3.8, 4) is 0 Å². The van der Waals surface area contributed by atoms with Gasteiger partial charge in [-0.05, 0) is 29.9 Å². The summed E-state index contributed by atoms with van der Waals surface area (Å²) in [6, 6.07) is 19.2. The van der Waals surface area contributed by atoms with E-state index < -0.39 is 6.09 Å². The van der Waals surface area contributed by atoms with Crippen LogP contribution in [0.2, 0.25) is 0 Å². The Morgan fingerprint density at radius 1 is 1.10 bits per heavy atom. The van der Waals surface area contributed by atoms with Gasteiger partial charge < -0.3 is 10.1 Å². The second-order valence-electron chi connectivity index (χ2n) is 4.69. The van der Waals surface area contributed by atoms with Gasteiger partial charge in [0.1, 0.15) is 6.10 Å². The molecule has 0 spiro atoms. The van der Waals surface area contributed by atoms with E-state index >= 15 is 0 Å². The molecule has 1 atom stereocenters. The van der Waals surface area contributed by atoms with Gasteiger partial charge in [-0.2, -0.15) is 0 Å². The second kappa shape index (κ2) is 5.93. The van der Waals surface area contributed by atoms with Crippen molar-refractivity contribution < 1.29 is 9.53 Å². The van der Waals surface area contributed by atoms with Crippen molar-refractivity contribution in [2.45, 2.75) is 6.10 Å². The highest BCUT2D eigenvalue weighted by Gasteiger charge is 2.34. The fraction of sp³-hybridized carbons (Fsp3) is 0.125. The summed E-state index contributed by atoms with van der Waals surface area (Å²) < 4.78 is 5.38. The zero-order valence-corrected chi connectivity index (χ0v) is 12.0. The van der Waals surface area contributed by atoms with E-state index in [0.717, 1.165) is 11.3 Å².